The van der Waals surface area contributed by atoms with Crippen LogP contribution in [0.15, 0.2) is 75.1 Å². The Kier molecular flexibility index (Phi) is 5.03. The van der Waals surface area contributed by atoms with Crippen molar-refractivity contribution < 1.29 is 14.0 Å². The van der Waals surface area contributed by atoms with E-state index >= 15 is 0 Å². The van der Waals surface area contributed by atoms with E-state index < -0.39 is 10.9 Å². The molecule has 7 nitrogen and oxygen atoms in total. The number of fused-ring (bicyclic) bond motifs is 1. The number of thioether (sulfide) groups is 1. The Labute approximate surface area is 164 Å². The lowest BCUT2D eigenvalue weighted by Gasteiger charge is -2.12. The number of carbonyl (C=O) groups is 1. The molecule has 2 aromatic heterocycles. The van der Waals surface area contributed by atoms with Crippen LogP contribution in [0.1, 0.15) is 13.3 Å². The quantitative estimate of drug-likeness (QED) is 0.345. The fourth-order valence-corrected chi connectivity index (χ4v) is 3.91. The van der Waals surface area contributed by atoms with Crippen LogP contribution in [-0.4, -0.2) is 21.4 Å². The first kappa shape index (κ1) is 18.1. The predicted octanol–water partition coefficient (Wildman–Crippen LogP) is 3.24. The number of H-pyrrole nitrogens is 2. The summed E-state index contributed by atoms with van der Waals surface area (Å²) in [5.41, 5.74) is 1.97. The Morgan fingerprint density at radius 2 is 2.04 bits per heavy atom. The Balaban J connectivity index is 1.55. The van der Waals surface area contributed by atoms with E-state index in [2.05, 4.69) is 15.6 Å². The molecule has 0 spiro atoms. The van der Waals surface area contributed by atoms with Crippen LogP contribution in [0.5, 0.6) is 0 Å². The topological polar surface area (TPSA) is 94.8 Å². The highest BCUT2D eigenvalue weighted by Gasteiger charge is 2.30. The minimum Gasteiger partial charge on any atom is -0.361 e. The van der Waals surface area contributed by atoms with Gasteiger partial charge in [0.05, 0.1) is 5.25 Å². The standard InChI is InChI=1S/C20H18N4O3S/c1-2-17(18(25)22-14-8-9-16-13(12-14)10-11-21-16)28-19-20(26)27-23-24(19)15-6-4-3-5-7-15/h3-12,17,23,26H,2H2,1H3/p+1. The number of hydrogen-bond donors (Lipinski definition) is 3. The summed E-state index contributed by atoms with van der Waals surface area (Å²) in [5, 5.41) is 6.44. The molecular formula is C20H19N4O3S+. The van der Waals surface area contributed by atoms with E-state index in [1.165, 1.54) is 11.8 Å². The van der Waals surface area contributed by atoms with E-state index in [-0.39, 0.29) is 5.91 Å². The van der Waals surface area contributed by atoms with Gasteiger partial charge in [-0.15, -0.1) is 0 Å². The number of aromatic amines is 2. The number of benzene rings is 2. The molecule has 0 bridgehead atoms. The van der Waals surface area contributed by atoms with Crippen LogP contribution < -0.4 is 15.6 Å². The Morgan fingerprint density at radius 3 is 2.82 bits per heavy atom. The second-order valence-electron chi connectivity index (χ2n) is 6.24. The summed E-state index contributed by atoms with van der Waals surface area (Å²) in [6.45, 7) is 1.91. The largest absolute Gasteiger partial charge is 0.442 e. The van der Waals surface area contributed by atoms with Gasteiger partial charge < -0.3 is 10.3 Å². The summed E-state index contributed by atoms with van der Waals surface area (Å²) in [6, 6.07) is 16.9. The molecule has 1 atom stereocenters. The van der Waals surface area contributed by atoms with Crippen molar-refractivity contribution in [2.45, 2.75) is 23.6 Å². The zero-order valence-corrected chi connectivity index (χ0v) is 16.0. The van der Waals surface area contributed by atoms with E-state index in [9.17, 15) is 9.59 Å². The highest BCUT2D eigenvalue weighted by Crippen LogP contribution is 2.24. The van der Waals surface area contributed by atoms with Gasteiger partial charge in [-0.2, -0.15) is 0 Å². The molecule has 3 N–H and O–H groups in total. The van der Waals surface area contributed by atoms with Gasteiger partial charge in [-0.25, -0.2) is 4.79 Å². The van der Waals surface area contributed by atoms with Crippen LogP contribution in [0.4, 0.5) is 5.69 Å². The van der Waals surface area contributed by atoms with Gasteiger partial charge in [0.2, 0.25) is 11.6 Å². The molecular weight excluding hydrogens is 376 g/mol. The first-order chi connectivity index (χ1) is 13.7. The summed E-state index contributed by atoms with van der Waals surface area (Å²) in [4.78, 5) is 28.1. The third-order valence-corrected chi connectivity index (χ3v) is 5.76. The minimum absolute atomic E-state index is 0.164. The summed E-state index contributed by atoms with van der Waals surface area (Å²) in [6.07, 6.45) is 2.41. The zero-order chi connectivity index (χ0) is 19.5. The highest BCUT2D eigenvalue weighted by atomic mass is 32.2. The lowest BCUT2D eigenvalue weighted by molar-refractivity contribution is -0.704. The minimum atomic E-state index is -0.506. The van der Waals surface area contributed by atoms with Gasteiger partial charge in [0.15, 0.2) is 0 Å². The number of nitrogens with zero attached hydrogens (tertiary/aromatic N) is 1. The molecule has 8 heteroatoms. The SMILES string of the molecule is CCC(Sc1c(=O)o[nH][n+]1-c1ccccc1)C(=O)Nc1ccc2[nH]ccc2c1. The van der Waals surface area contributed by atoms with Crippen molar-refractivity contribution >= 4 is 34.3 Å². The number of anilines is 1. The molecule has 4 rings (SSSR count). The van der Waals surface area contributed by atoms with Crippen LogP contribution in [0.25, 0.3) is 16.6 Å². The first-order valence-electron chi connectivity index (χ1n) is 8.89. The molecule has 28 heavy (non-hydrogen) atoms. The third kappa shape index (κ3) is 3.59. The smallest absolute Gasteiger partial charge is 0.361 e. The molecule has 2 heterocycles. The molecule has 1 unspecified atom stereocenters. The number of amides is 1. The normalized spacial score (nSPS) is 12.2. The summed E-state index contributed by atoms with van der Waals surface area (Å²) < 4.78 is 6.51. The molecule has 0 fully saturated rings. The van der Waals surface area contributed by atoms with Gasteiger partial charge >= 0.3 is 10.7 Å². The van der Waals surface area contributed by atoms with Crippen LogP contribution in [0.3, 0.4) is 0 Å². The van der Waals surface area contributed by atoms with Crippen molar-refractivity contribution in [1.82, 2.24) is 10.3 Å². The van der Waals surface area contributed by atoms with Gasteiger partial charge in [0, 0.05) is 34.9 Å². The van der Waals surface area contributed by atoms with Crippen LogP contribution in [0, 0.1) is 0 Å². The summed E-state index contributed by atoms with van der Waals surface area (Å²) >= 11 is 1.18. The number of rotatable bonds is 6. The molecule has 0 aliphatic heterocycles. The van der Waals surface area contributed by atoms with Crippen molar-refractivity contribution in [1.29, 1.82) is 0 Å². The summed E-state index contributed by atoms with van der Waals surface area (Å²) in [7, 11) is 0. The van der Waals surface area contributed by atoms with Gasteiger partial charge in [-0.05, 0) is 52.4 Å². The van der Waals surface area contributed by atoms with Crippen molar-refractivity contribution in [3.05, 3.63) is 71.2 Å². The van der Waals surface area contributed by atoms with Gasteiger partial charge in [0.1, 0.15) is 0 Å². The van der Waals surface area contributed by atoms with Crippen molar-refractivity contribution in [3.8, 4) is 5.69 Å². The van der Waals surface area contributed by atoms with Crippen LogP contribution in [0.2, 0.25) is 0 Å². The highest BCUT2D eigenvalue weighted by molar-refractivity contribution is 8.00. The van der Waals surface area contributed by atoms with Crippen LogP contribution >= 0.6 is 11.8 Å². The summed E-state index contributed by atoms with van der Waals surface area (Å²) in [5.74, 6) is -0.164. The molecule has 0 aliphatic carbocycles. The number of para-hydroxylation sites is 1. The first-order valence-corrected chi connectivity index (χ1v) is 9.77. The van der Waals surface area contributed by atoms with E-state index in [0.717, 1.165) is 16.6 Å². The van der Waals surface area contributed by atoms with Gasteiger partial charge in [0.25, 0.3) is 0 Å². The fraction of sp³-hybridized carbons (Fsp3) is 0.150. The van der Waals surface area contributed by atoms with Crippen molar-refractivity contribution in [3.63, 3.8) is 0 Å². The fourth-order valence-electron chi connectivity index (χ4n) is 2.92. The number of hydrogen-bond acceptors (Lipinski definition) is 4. The number of nitrogens with one attached hydrogen (secondary N) is 3. The second-order valence-corrected chi connectivity index (χ2v) is 7.43. The Morgan fingerprint density at radius 1 is 1.21 bits per heavy atom. The zero-order valence-electron chi connectivity index (χ0n) is 15.1. The van der Waals surface area contributed by atoms with E-state index in [0.29, 0.717) is 17.1 Å². The predicted molar refractivity (Wildman–Crippen MR) is 108 cm³/mol. The van der Waals surface area contributed by atoms with E-state index in [4.69, 9.17) is 4.52 Å². The third-order valence-electron chi connectivity index (χ3n) is 4.36. The molecule has 2 aromatic carbocycles. The van der Waals surface area contributed by atoms with E-state index in [1.807, 2.05) is 67.7 Å². The molecule has 0 aliphatic rings. The average molecular weight is 395 g/mol. The lowest BCUT2D eigenvalue weighted by Crippen LogP contribution is -2.37. The average Bonchev–Trinajstić information content (AvgIpc) is 3.32. The molecule has 4 aromatic rings. The number of carbonyl (C=O) groups excluding carboxylic acids is 1. The molecule has 1 amide bonds. The second kappa shape index (κ2) is 7.77. The maximum absolute atomic E-state index is 12.8. The number of aromatic nitrogens is 3. The molecule has 0 saturated carbocycles. The van der Waals surface area contributed by atoms with E-state index in [1.54, 1.807) is 4.68 Å². The van der Waals surface area contributed by atoms with Crippen molar-refractivity contribution in [2.24, 2.45) is 0 Å². The molecule has 0 saturated heterocycles. The maximum atomic E-state index is 12.8. The van der Waals surface area contributed by atoms with Crippen molar-refractivity contribution in [2.75, 3.05) is 5.32 Å². The Hall–Kier alpha value is -3.26. The lowest BCUT2D eigenvalue weighted by atomic mass is 10.2. The maximum Gasteiger partial charge on any atom is 0.442 e. The van der Waals surface area contributed by atoms with Gasteiger partial charge in [-0.3, -0.25) is 9.32 Å². The monoisotopic (exact) mass is 395 g/mol. The van der Waals surface area contributed by atoms with Crippen LogP contribution in [-0.2, 0) is 4.79 Å². The van der Waals surface area contributed by atoms with Gasteiger partial charge in [-0.1, -0.05) is 25.1 Å². The molecule has 142 valence electrons. The molecule has 0 radical (unpaired) electrons. The Bertz CT molecular complexity index is 1160.